The highest BCUT2D eigenvalue weighted by molar-refractivity contribution is 6.00. The molecule has 0 heterocycles. The van der Waals surface area contributed by atoms with Gasteiger partial charge in [0.05, 0.1) is 5.69 Å². The molecule has 0 radical (unpaired) electrons. The van der Waals surface area contributed by atoms with Gasteiger partial charge in [-0.1, -0.05) is 84.9 Å². The van der Waals surface area contributed by atoms with Crippen molar-refractivity contribution in [2.24, 2.45) is 0 Å². The van der Waals surface area contributed by atoms with Crippen molar-refractivity contribution in [1.29, 1.82) is 0 Å². The Labute approximate surface area is 159 Å². The van der Waals surface area contributed by atoms with Crippen LogP contribution in [0.3, 0.4) is 0 Å². The summed E-state index contributed by atoms with van der Waals surface area (Å²) in [5.74, 6) is 0. The first-order chi connectivity index (χ1) is 13.4. The van der Waals surface area contributed by atoms with Crippen LogP contribution in [0.2, 0.25) is 0 Å². The Balaban J connectivity index is 1.78. The minimum Gasteiger partial charge on any atom is -0.310 e. The Bertz CT molecular complexity index is 1220. The van der Waals surface area contributed by atoms with Crippen molar-refractivity contribution >= 4 is 38.6 Å². The second kappa shape index (κ2) is 6.62. The van der Waals surface area contributed by atoms with Gasteiger partial charge < -0.3 is 4.90 Å². The molecule has 5 aromatic rings. The molecule has 128 valence electrons. The van der Waals surface area contributed by atoms with Crippen molar-refractivity contribution in [1.82, 2.24) is 0 Å². The molecule has 0 atom stereocenters. The van der Waals surface area contributed by atoms with Crippen molar-refractivity contribution in [3.8, 4) is 0 Å². The molecule has 0 bridgehead atoms. The lowest BCUT2D eigenvalue weighted by molar-refractivity contribution is 1.30. The van der Waals surface area contributed by atoms with Gasteiger partial charge in [-0.25, -0.2) is 0 Å². The second-order valence-electron chi connectivity index (χ2n) is 6.70. The van der Waals surface area contributed by atoms with Crippen LogP contribution in [0.5, 0.6) is 0 Å². The largest absolute Gasteiger partial charge is 0.310 e. The van der Waals surface area contributed by atoms with Crippen LogP contribution in [0, 0.1) is 0 Å². The third kappa shape index (κ3) is 2.84. The predicted molar refractivity (Wildman–Crippen MR) is 116 cm³/mol. The van der Waals surface area contributed by atoms with Crippen LogP contribution in [-0.2, 0) is 0 Å². The smallest absolute Gasteiger partial charge is 0.0540 e. The maximum absolute atomic E-state index is 2.34. The van der Waals surface area contributed by atoms with Gasteiger partial charge in [0.15, 0.2) is 0 Å². The number of fused-ring (bicyclic) bond motifs is 2. The summed E-state index contributed by atoms with van der Waals surface area (Å²) in [5.41, 5.74) is 3.51. The molecule has 1 nitrogen and oxygen atoms in total. The lowest BCUT2D eigenvalue weighted by atomic mass is 10.0. The van der Waals surface area contributed by atoms with Crippen LogP contribution in [0.4, 0.5) is 17.1 Å². The Morgan fingerprint density at radius 3 is 1.93 bits per heavy atom. The molecule has 5 rings (SSSR count). The van der Waals surface area contributed by atoms with Crippen LogP contribution in [0.15, 0.2) is 115 Å². The number of hydrogen-bond acceptors (Lipinski definition) is 1. The quantitative estimate of drug-likeness (QED) is 0.328. The summed E-state index contributed by atoms with van der Waals surface area (Å²) in [6.07, 6.45) is 0. The number of hydrogen-bond donors (Lipinski definition) is 0. The van der Waals surface area contributed by atoms with Gasteiger partial charge in [0.1, 0.15) is 0 Å². The normalized spacial score (nSPS) is 11.0. The molecule has 0 aliphatic carbocycles. The summed E-state index contributed by atoms with van der Waals surface area (Å²) in [4.78, 5) is 2.34. The van der Waals surface area contributed by atoms with Crippen molar-refractivity contribution in [3.63, 3.8) is 0 Å². The molecule has 0 saturated heterocycles. The molecule has 0 aromatic heterocycles. The zero-order valence-electron chi connectivity index (χ0n) is 14.9. The van der Waals surface area contributed by atoms with E-state index in [0.717, 1.165) is 11.4 Å². The fourth-order valence-electron chi connectivity index (χ4n) is 3.72. The van der Waals surface area contributed by atoms with Gasteiger partial charge in [-0.2, -0.15) is 0 Å². The Morgan fingerprint density at radius 2 is 1.07 bits per heavy atom. The van der Waals surface area contributed by atoms with Crippen molar-refractivity contribution in [2.75, 3.05) is 4.90 Å². The minimum absolute atomic E-state index is 1.16. The van der Waals surface area contributed by atoms with Crippen LogP contribution in [0.25, 0.3) is 21.5 Å². The summed E-state index contributed by atoms with van der Waals surface area (Å²) in [6, 6.07) is 40.8. The molecular weight excluding hydrogens is 326 g/mol. The molecule has 0 spiro atoms. The minimum atomic E-state index is 1.16. The van der Waals surface area contributed by atoms with E-state index >= 15 is 0 Å². The number of nitrogens with zero attached hydrogens (tertiary/aromatic N) is 1. The van der Waals surface area contributed by atoms with E-state index in [1.165, 1.54) is 27.2 Å². The molecule has 0 aliphatic rings. The second-order valence-corrected chi connectivity index (χ2v) is 6.70. The Morgan fingerprint density at radius 1 is 0.407 bits per heavy atom. The molecule has 27 heavy (non-hydrogen) atoms. The fourth-order valence-corrected chi connectivity index (χ4v) is 3.72. The summed E-state index contributed by atoms with van der Waals surface area (Å²) in [6.45, 7) is 0. The number of benzene rings is 5. The first-order valence-corrected chi connectivity index (χ1v) is 9.22. The van der Waals surface area contributed by atoms with Crippen LogP contribution in [0.1, 0.15) is 0 Å². The van der Waals surface area contributed by atoms with Crippen LogP contribution < -0.4 is 4.90 Å². The molecule has 5 aromatic carbocycles. The van der Waals surface area contributed by atoms with Crippen LogP contribution in [-0.4, -0.2) is 0 Å². The zero-order chi connectivity index (χ0) is 18.1. The third-order valence-corrected chi connectivity index (χ3v) is 5.01. The molecule has 0 N–H and O–H groups in total. The van der Waals surface area contributed by atoms with Gasteiger partial charge in [0.25, 0.3) is 0 Å². The van der Waals surface area contributed by atoms with E-state index in [1.807, 2.05) is 0 Å². The molecular formula is C26H19N. The monoisotopic (exact) mass is 345 g/mol. The van der Waals surface area contributed by atoms with Gasteiger partial charge in [-0.15, -0.1) is 0 Å². The van der Waals surface area contributed by atoms with E-state index in [2.05, 4.69) is 120 Å². The molecule has 0 aliphatic heterocycles. The van der Waals surface area contributed by atoms with Crippen molar-refractivity contribution in [2.45, 2.75) is 0 Å². The number of para-hydroxylation sites is 1. The topological polar surface area (TPSA) is 3.24 Å². The lowest BCUT2D eigenvalue weighted by Crippen LogP contribution is -2.10. The molecule has 0 amide bonds. The summed E-state index contributed by atoms with van der Waals surface area (Å²) in [7, 11) is 0. The van der Waals surface area contributed by atoms with Gasteiger partial charge in [0.2, 0.25) is 0 Å². The van der Waals surface area contributed by atoms with Crippen LogP contribution >= 0.6 is 0 Å². The summed E-state index contributed by atoms with van der Waals surface area (Å²) >= 11 is 0. The molecule has 1 heteroatoms. The molecule has 0 saturated carbocycles. The van der Waals surface area contributed by atoms with Gasteiger partial charge >= 0.3 is 0 Å². The van der Waals surface area contributed by atoms with E-state index in [0.29, 0.717) is 0 Å². The average Bonchev–Trinajstić information content (AvgIpc) is 2.75. The Hall–Kier alpha value is -3.58. The van der Waals surface area contributed by atoms with Crippen molar-refractivity contribution in [3.05, 3.63) is 115 Å². The van der Waals surface area contributed by atoms with E-state index in [4.69, 9.17) is 0 Å². The first-order valence-electron chi connectivity index (χ1n) is 9.22. The third-order valence-electron chi connectivity index (χ3n) is 5.01. The lowest BCUT2D eigenvalue weighted by Gasteiger charge is -2.27. The average molecular weight is 345 g/mol. The highest BCUT2D eigenvalue weighted by Crippen LogP contribution is 2.39. The summed E-state index contributed by atoms with van der Waals surface area (Å²) < 4.78 is 0. The summed E-state index contributed by atoms with van der Waals surface area (Å²) in [5, 5.41) is 5.00. The van der Waals surface area contributed by atoms with Gasteiger partial charge in [0, 0.05) is 16.8 Å². The maximum atomic E-state index is 2.34. The standard InChI is InChI=1S/C26H19N/c1-2-13-23(14-3-1)27(24-18-17-20-9-4-5-11-22(20)19-24)26-16-8-12-21-10-6-7-15-25(21)26/h1-19H. The molecule has 0 unspecified atom stereocenters. The van der Waals surface area contributed by atoms with Gasteiger partial charge in [-0.05, 0) is 46.5 Å². The predicted octanol–water partition coefficient (Wildman–Crippen LogP) is 7.46. The first kappa shape index (κ1) is 15.7. The van der Waals surface area contributed by atoms with Crippen molar-refractivity contribution < 1.29 is 0 Å². The van der Waals surface area contributed by atoms with E-state index in [9.17, 15) is 0 Å². The molecule has 0 fully saturated rings. The highest BCUT2D eigenvalue weighted by Gasteiger charge is 2.15. The fraction of sp³-hybridized carbons (Fsp3) is 0. The van der Waals surface area contributed by atoms with E-state index in [1.54, 1.807) is 0 Å². The van der Waals surface area contributed by atoms with E-state index < -0.39 is 0 Å². The maximum Gasteiger partial charge on any atom is 0.0540 e. The zero-order valence-corrected chi connectivity index (χ0v) is 14.9. The van der Waals surface area contributed by atoms with E-state index in [-0.39, 0.29) is 0 Å². The van der Waals surface area contributed by atoms with Gasteiger partial charge in [-0.3, -0.25) is 0 Å². The Kier molecular flexibility index (Phi) is 3.84. The SMILES string of the molecule is c1ccc(N(c2ccc3ccccc3c2)c2cccc3ccccc23)cc1. The number of rotatable bonds is 3. The number of anilines is 3. The highest BCUT2D eigenvalue weighted by atomic mass is 15.1.